The first-order chi connectivity index (χ1) is 14.0. The molecule has 5 nitrogen and oxygen atoms in total. The quantitative estimate of drug-likeness (QED) is 0.730. The van der Waals surface area contributed by atoms with Gasteiger partial charge in [-0.05, 0) is 47.9 Å². The van der Waals surface area contributed by atoms with Gasteiger partial charge in [-0.2, -0.15) is 13.2 Å². The third-order valence-corrected chi connectivity index (χ3v) is 4.65. The molecule has 0 bridgehead atoms. The van der Waals surface area contributed by atoms with E-state index in [0.29, 0.717) is 16.9 Å². The molecule has 0 aromatic heterocycles. The fourth-order valence-electron chi connectivity index (χ4n) is 2.87. The van der Waals surface area contributed by atoms with Crippen LogP contribution in [-0.4, -0.2) is 36.9 Å². The molecule has 1 unspecified atom stereocenters. The maximum Gasteiger partial charge on any atom is 0.416 e. The van der Waals surface area contributed by atoms with E-state index in [1.54, 1.807) is 31.3 Å². The number of carbonyl (C=O) groups excluding carboxylic acids is 2. The van der Waals surface area contributed by atoms with Crippen molar-refractivity contribution in [3.63, 3.8) is 0 Å². The molecule has 30 heavy (non-hydrogen) atoms. The second-order valence-corrected chi connectivity index (χ2v) is 7.31. The smallest absolute Gasteiger partial charge is 0.416 e. The van der Waals surface area contributed by atoms with Crippen LogP contribution in [0.2, 0.25) is 0 Å². The number of benzene rings is 2. The number of ether oxygens (including phenoxy) is 1. The zero-order valence-electron chi connectivity index (χ0n) is 17.3. The van der Waals surface area contributed by atoms with Crippen molar-refractivity contribution in [1.82, 2.24) is 10.2 Å². The average Bonchev–Trinajstić information content (AvgIpc) is 2.70. The molecule has 2 rings (SSSR count). The standard InChI is InChI=1S/C22H25F3N2O3/c1-14(2)19(26-20(28)16-7-11-18(30-4)12-8-16)21(29)27(3)13-15-5-9-17(10-6-15)22(23,24)25/h5-12,14,19H,13H2,1-4H3,(H,26,28). The average molecular weight is 422 g/mol. The molecule has 2 aromatic carbocycles. The molecule has 8 heteroatoms. The van der Waals surface area contributed by atoms with Gasteiger partial charge in [0.25, 0.3) is 5.91 Å². The highest BCUT2D eigenvalue weighted by Gasteiger charge is 2.30. The van der Waals surface area contributed by atoms with E-state index in [2.05, 4.69) is 5.32 Å². The summed E-state index contributed by atoms with van der Waals surface area (Å²) in [5.41, 5.74) is 0.203. The highest BCUT2D eigenvalue weighted by Crippen LogP contribution is 2.29. The van der Waals surface area contributed by atoms with Gasteiger partial charge in [-0.1, -0.05) is 26.0 Å². The van der Waals surface area contributed by atoms with Crippen molar-refractivity contribution in [2.75, 3.05) is 14.2 Å². The van der Waals surface area contributed by atoms with Gasteiger partial charge in [0.15, 0.2) is 0 Å². The Morgan fingerprint density at radius 1 is 1.03 bits per heavy atom. The van der Waals surface area contributed by atoms with Gasteiger partial charge in [0.1, 0.15) is 11.8 Å². The molecule has 2 amide bonds. The van der Waals surface area contributed by atoms with Crippen molar-refractivity contribution >= 4 is 11.8 Å². The maximum absolute atomic E-state index is 12.9. The summed E-state index contributed by atoms with van der Waals surface area (Å²) < 4.78 is 43.2. The molecular weight excluding hydrogens is 397 g/mol. The monoisotopic (exact) mass is 422 g/mol. The number of nitrogens with one attached hydrogen (secondary N) is 1. The molecule has 0 saturated heterocycles. The van der Waals surface area contributed by atoms with Crippen LogP contribution in [0.15, 0.2) is 48.5 Å². The Morgan fingerprint density at radius 3 is 2.07 bits per heavy atom. The highest BCUT2D eigenvalue weighted by molar-refractivity contribution is 5.97. The van der Waals surface area contributed by atoms with Gasteiger partial charge in [-0.15, -0.1) is 0 Å². The van der Waals surface area contributed by atoms with Crippen molar-refractivity contribution in [3.8, 4) is 5.75 Å². The zero-order valence-corrected chi connectivity index (χ0v) is 17.3. The minimum Gasteiger partial charge on any atom is -0.497 e. The number of likely N-dealkylation sites (N-methyl/N-ethyl adjacent to an activating group) is 1. The van der Waals surface area contributed by atoms with Gasteiger partial charge >= 0.3 is 6.18 Å². The molecule has 0 spiro atoms. The van der Waals surface area contributed by atoms with Crippen LogP contribution in [0.1, 0.15) is 35.3 Å². The van der Waals surface area contributed by atoms with Crippen molar-refractivity contribution in [1.29, 1.82) is 0 Å². The molecule has 0 heterocycles. The third-order valence-electron chi connectivity index (χ3n) is 4.65. The Kier molecular flexibility index (Phi) is 7.48. The first-order valence-electron chi connectivity index (χ1n) is 9.39. The topological polar surface area (TPSA) is 58.6 Å². The van der Waals surface area contributed by atoms with Crippen molar-refractivity contribution in [3.05, 3.63) is 65.2 Å². The van der Waals surface area contributed by atoms with Crippen LogP contribution in [0.4, 0.5) is 13.2 Å². The molecule has 0 aliphatic carbocycles. The zero-order chi connectivity index (χ0) is 22.5. The summed E-state index contributed by atoms with van der Waals surface area (Å²) in [5.74, 6) is -0.298. The summed E-state index contributed by atoms with van der Waals surface area (Å²) in [6.07, 6.45) is -4.41. The SMILES string of the molecule is COc1ccc(C(=O)NC(C(=O)N(C)Cc2ccc(C(F)(F)F)cc2)C(C)C)cc1. The van der Waals surface area contributed by atoms with Gasteiger partial charge < -0.3 is 15.0 Å². The Bertz CT molecular complexity index is 863. The first kappa shape index (κ1) is 23.3. The predicted molar refractivity (Wildman–Crippen MR) is 107 cm³/mol. The number of hydrogen-bond acceptors (Lipinski definition) is 3. The Labute approximate surface area is 173 Å². The van der Waals surface area contributed by atoms with Crippen LogP contribution < -0.4 is 10.1 Å². The summed E-state index contributed by atoms with van der Waals surface area (Å²) in [7, 11) is 3.07. The number of methoxy groups -OCH3 is 1. The Hall–Kier alpha value is -3.03. The number of carbonyl (C=O) groups is 2. The van der Waals surface area contributed by atoms with Crippen LogP contribution in [0.25, 0.3) is 0 Å². The lowest BCUT2D eigenvalue weighted by molar-refractivity contribution is -0.137. The third kappa shape index (κ3) is 5.98. The van der Waals surface area contributed by atoms with Gasteiger partial charge in [-0.25, -0.2) is 0 Å². The van der Waals surface area contributed by atoms with Crippen molar-refractivity contribution < 1.29 is 27.5 Å². The van der Waals surface area contributed by atoms with E-state index in [-0.39, 0.29) is 18.4 Å². The number of alkyl halides is 3. The molecule has 162 valence electrons. The fourth-order valence-corrected chi connectivity index (χ4v) is 2.87. The lowest BCUT2D eigenvalue weighted by Crippen LogP contribution is -2.50. The summed E-state index contributed by atoms with van der Waals surface area (Å²) in [6.45, 7) is 3.74. The van der Waals surface area contributed by atoms with E-state index >= 15 is 0 Å². The predicted octanol–water partition coefficient (Wildman–Crippen LogP) is 4.13. The summed E-state index contributed by atoms with van der Waals surface area (Å²) in [6, 6.07) is 10.4. The maximum atomic E-state index is 12.9. The molecule has 1 atom stereocenters. The van der Waals surface area contributed by atoms with E-state index in [0.717, 1.165) is 12.1 Å². The number of halogens is 3. The molecule has 1 N–H and O–H groups in total. The van der Waals surface area contributed by atoms with Crippen LogP contribution >= 0.6 is 0 Å². The van der Waals surface area contributed by atoms with E-state index in [1.807, 2.05) is 13.8 Å². The van der Waals surface area contributed by atoms with Crippen molar-refractivity contribution in [2.45, 2.75) is 32.6 Å². The highest BCUT2D eigenvalue weighted by atomic mass is 19.4. The molecule has 0 saturated carbocycles. The number of rotatable bonds is 7. The molecule has 0 aliphatic heterocycles. The van der Waals surface area contributed by atoms with Crippen LogP contribution in [0.3, 0.4) is 0 Å². The van der Waals surface area contributed by atoms with Crippen LogP contribution in [0, 0.1) is 5.92 Å². The summed E-state index contributed by atoms with van der Waals surface area (Å²) in [5, 5.41) is 2.75. The van der Waals surface area contributed by atoms with E-state index < -0.39 is 23.7 Å². The lowest BCUT2D eigenvalue weighted by atomic mass is 10.0. The Balaban J connectivity index is 2.07. The van der Waals surface area contributed by atoms with Crippen LogP contribution in [0.5, 0.6) is 5.75 Å². The summed E-state index contributed by atoms with van der Waals surface area (Å²) in [4.78, 5) is 26.8. The van der Waals surface area contributed by atoms with Gasteiger partial charge in [-0.3, -0.25) is 9.59 Å². The number of amides is 2. The molecule has 0 radical (unpaired) electrons. The van der Waals surface area contributed by atoms with E-state index in [4.69, 9.17) is 4.74 Å². The fraction of sp³-hybridized carbons (Fsp3) is 0.364. The Morgan fingerprint density at radius 2 is 1.60 bits per heavy atom. The van der Waals surface area contributed by atoms with Gasteiger partial charge in [0, 0.05) is 19.2 Å². The normalized spacial score (nSPS) is 12.4. The first-order valence-corrected chi connectivity index (χ1v) is 9.39. The van der Waals surface area contributed by atoms with Crippen molar-refractivity contribution in [2.24, 2.45) is 5.92 Å². The van der Waals surface area contributed by atoms with Crippen LogP contribution in [-0.2, 0) is 17.5 Å². The summed E-state index contributed by atoms with van der Waals surface area (Å²) >= 11 is 0. The number of nitrogens with zero attached hydrogens (tertiary/aromatic N) is 1. The number of hydrogen-bond donors (Lipinski definition) is 1. The largest absolute Gasteiger partial charge is 0.497 e. The molecule has 0 aliphatic rings. The van der Waals surface area contributed by atoms with Gasteiger partial charge in [0.05, 0.1) is 12.7 Å². The minimum atomic E-state index is -4.41. The van der Waals surface area contributed by atoms with E-state index in [1.165, 1.54) is 24.1 Å². The van der Waals surface area contributed by atoms with Gasteiger partial charge in [0.2, 0.25) is 5.91 Å². The molecule has 0 fully saturated rings. The molecule has 2 aromatic rings. The lowest BCUT2D eigenvalue weighted by Gasteiger charge is -2.27. The molecular formula is C22H25F3N2O3. The second kappa shape index (κ2) is 9.65. The van der Waals surface area contributed by atoms with E-state index in [9.17, 15) is 22.8 Å². The minimum absolute atomic E-state index is 0.124. The second-order valence-electron chi connectivity index (χ2n) is 7.31.